The lowest BCUT2D eigenvalue weighted by Gasteiger charge is -2.16. The van der Waals surface area contributed by atoms with Crippen LogP contribution < -0.4 is 21.3 Å². The fourth-order valence-electron chi connectivity index (χ4n) is 4.20. The minimum absolute atomic E-state index is 0.00453. The van der Waals surface area contributed by atoms with E-state index in [-0.39, 0.29) is 42.8 Å². The summed E-state index contributed by atoms with van der Waals surface area (Å²) in [5, 5.41) is 20.6. The lowest BCUT2D eigenvalue weighted by Crippen LogP contribution is -2.36. The normalized spacial score (nSPS) is 20.0. The van der Waals surface area contributed by atoms with E-state index in [1.165, 1.54) is 0 Å². The number of nitrogens with one attached hydrogen (secondary N) is 4. The first-order valence-corrected chi connectivity index (χ1v) is 14.7. The molecule has 0 aromatic carbocycles. The molecule has 0 aromatic rings. The number of carbonyl (C=O) groups excluding carboxylic acids is 3. The van der Waals surface area contributed by atoms with Crippen LogP contribution in [0.5, 0.6) is 0 Å². The molecule has 2 saturated heterocycles. The first-order valence-electron chi connectivity index (χ1n) is 13.6. The smallest absolute Gasteiger partial charge is 0.315 e. The number of hydrogen-bond acceptors (Lipinski definition) is 8. The van der Waals surface area contributed by atoms with Gasteiger partial charge in [-0.1, -0.05) is 6.42 Å². The van der Waals surface area contributed by atoms with Gasteiger partial charge in [-0.2, -0.15) is 11.8 Å². The molecule has 0 saturated carbocycles. The highest BCUT2D eigenvalue weighted by molar-refractivity contribution is 8.00. The number of carboxylic acid groups (broad SMARTS) is 1. The molecule has 5 N–H and O–H groups in total. The van der Waals surface area contributed by atoms with Crippen LogP contribution in [0.2, 0.25) is 0 Å². The first kappa shape index (κ1) is 32.1. The minimum Gasteiger partial charge on any atom is -0.481 e. The third-order valence-corrected chi connectivity index (χ3v) is 7.70. The third kappa shape index (κ3) is 14.7. The summed E-state index contributed by atoms with van der Waals surface area (Å²) in [7, 11) is 0. The molecule has 0 aromatic heterocycles. The molecule has 2 aliphatic heterocycles. The van der Waals surface area contributed by atoms with E-state index in [1.54, 1.807) is 0 Å². The summed E-state index contributed by atoms with van der Waals surface area (Å²) in [6.45, 7) is 4.06. The number of carboxylic acids is 1. The van der Waals surface area contributed by atoms with E-state index in [0.29, 0.717) is 77.2 Å². The van der Waals surface area contributed by atoms with Gasteiger partial charge in [0.2, 0.25) is 11.8 Å². The number of aliphatic carboxylic acids is 1. The van der Waals surface area contributed by atoms with Crippen molar-refractivity contribution in [2.24, 2.45) is 0 Å². The van der Waals surface area contributed by atoms with Crippen molar-refractivity contribution < 1.29 is 38.5 Å². The number of fused-ring (bicyclic) bond motifs is 1. The lowest BCUT2D eigenvalue weighted by molar-refractivity contribution is -0.137. The van der Waals surface area contributed by atoms with Crippen LogP contribution in [-0.4, -0.2) is 105 Å². The number of hydrogen-bond donors (Lipinski definition) is 5. The number of thioether (sulfide) groups is 1. The molecular weight excluding hydrogens is 516 g/mol. The zero-order valence-electron chi connectivity index (χ0n) is 22.2. The van der Waals surface area contributed by atoms with Gasteiger partial charge in [0.1, 0.15) is 0 Å². The predicted molar refractivity (Wildman–Crippen MR) is 143 cm³/mol. The molecule has 0 radical (unpaired) electrons. The van der Waals surface area contributed by atoms with Gasteiger partial charge in [0, 0.05) is 56.6 Å². The van der Waals surface area contributed by atoms with Crippen LogP contribution in [0.25, 0.3) is 0 Å². The Hall–Kier alpha value is -2.09. The van der Waals surface area contributed by atoms with E-state index in [1.807, 2.05) is 11.8 Å². The molecule has 2 rings (SSSR count). The Morgan fingerprint density at radius 3 is 1.97 bits per heavy atom. The molecule has 0 aliphatic carbocycles. The van der Waals surface area contributed by atoms with Crippen LogP contribution in [0.3, 0.4) is 0 Å². The van der Waals surface area contributed by atoms with Crippen molar-refractivity contribution in [2.45, 2.75) is 75.1 Å². The molecule has 218 valence electrons. The van der Waals surface area contributed by atoms with E-state index in [2.05, 4.69) is 21.3 Å². The van der Waals surface area contributed by atoms with Crippen molar-refractivity contribution in [3.63, 3.8) is 0 Å². The van der Waals surface area contributed by atoms with Crippen LogP contribution in [0.1, 0.15) is 57.8 Å². The summed E-state index contributed by atoms with van der Waals surface area (Å²) >= 11 is 1.90. The van der Waals surface area contributed by atoms with Gasteiger partial charge in [0.15, 0.2) is 0 Å². The maximum Gasteiger partial charge on any atom is 0.315 e. The minimum atomic E-state index is -0.892. The average Bonchev–Trinajstić information content (AvgIpc) is 3.43. The Kier molecular flexibility index (Phi) is 16.8. The zero-order chi connectivity index (χ0) is 27.4. The summed E-state index contributed by atoms with van der Waals surface area (Å²) < 4.78 is 16.4. The molecule has 4 amide bonds. The fraction of sp³-hybridized carbons (Fsp3) is 0.840. The predicted octanol–water partition coefficient (Wildman–Crippen LogP) is 1.03. The van der Waals surface area contributed by atoms with Crippen LogP contribution >= 0.6 is 11.8 Å². The molecule has 0 unspecified atom stereocenters. The van der Waals surface area contributed by atoms with Crippen molar-refractivity contribution in [2.75, 3.05) is 58.5 Å². The van der Waals surface area contributed by atoms with E-state index in [9.17, 15) is 19.2 Å². The fourth-order valence-corrected chi connectivity index (χ4v) is 5.74. The number of unbranched alkanes of at least 4 members (excludes halogenated alkanes) is 1. The zero-order valence-corrected chi connectivity index (χ0v) is 23.0. The number of carbonyl (C=O) groups is 4. The lowest BCUT2D eigenvalue weighted by atomic mass is 10.0. The van der Waals surface area contributed by atoms with Crippen LogP contribution in [-0.2, 0) is 28.6 Å². The van der Waals surface area contributed by atoms with Crippen LogP contribution in [0, 0.1) is 0 Å². The second-order valence-electron chi connectivity index (χ2n) is 9.36. The summed E-state index contributed by atoms with van der Waals surface area (Å²) in [4.78, 5) is 45.3. The Morgan fingerprint density at radius 2 is 1.37 bits per heavy atom. The average molecular weight is 561 g/mol. The maximum absolute atomic E-state index is 12.0. The summed E-state index contributed by atoms with van der Waals surface area (Å²) in [6.07, 6.45) is 5.38. The molecule has 13 heteroatoms. The highest BCUT2D eigenvalue weighted by Crippen LogP contribution is 2.33. The molecule has 38 heavy (non-hydrogen) atoms. The van der Waals surface area contributed by atoms with E-state index >= 15 is 0 Å². The molecule has 0 spiro atoms. The third-order valence-electron chi connectivity index (χ3n) is 6.19. The summed E-state index contributed by atoms with van der Waals surface area (Å²) in [6, 6.07) is 0.411. The Balaban J connectivity index is 1.25. The standard InChI is InChI=1S/C25H44N4O8S/c30-21(7-2-1-6-20-24-19(18-38-20)28-25(34)29-24)26-10-4-12-35-14-16-37-17-15-36-13-5-11-27-22(31)8-3-9-23(32)33/h19-20,24H,1-18H2,(H,26,30)(H,27,31)(H,32,33)(H2,28,29,34)/t19-,20-,24-/m0/s1. The number of rotatable bonds is 23. The molecule has 12 nitrogen and oxygen atoms in total. The van der Waals surface area contributed by atoms with Crippen molar-refractivity contribution in [3.05, 3.63) is 0 Å². The van der Waals surface area contributed by atoms with Gasteiger partial charge < -0.3 is 40.6 Å². The molecular formula is C25H44N4O8S. The number of ether oxygens (including phenoxy) is 3. The van der Waals surface area contributed by atoms with Crippen molar-refractivity contribution >= 4 is 35.6 Å². The number of amides is 4. The molecule has 0 bridgehead atoms. The maximum atomic E-state index is 12.0. The van der Waals surface area contributed by atoms with Gasteiger partial charge in [-0.3, -0.25) is 14.4 Å². The largest absolute Gasteiger partial charge is 0.481 e. The summed E-state index contributed by atoms with van der Waals surface area (Å²) in [5.41, 5.74) is 0. The Morgan fingerprint density at radius 1 is 0.789 bits per heavy atom. The van der Waals surface area contributed by atoms with Gasteiger partial charge in [0.25, 0.3) is 0 Å². The van der Waals surface area contributed by atoms with Crippen molar-refractivity contribution in [1.29, 1.82) is 0 Å². The molecule has 2 fully saturated rings. The van der Waals surface area contributed by atoms with E-state index < -0.39 is 5.97 Å². The van der Waals surface area contributed by atoms with Crippen molar-refractivity contribution in [3.8, 4) is 0 Å². The quantitative estimate of drug-likeness (QED) is 0.0907. The van der Waals surface area contributed by atoms with Gasteiger partial charge in [0.05, 0.1) is 38.5 Å². The SMILES string of the molecule is O=C(O)CCCC(=O)NCCCOCCOCCOCCCNC(=O)CCCC[C@@H]1SC[C@@H]2NC(=O)N[C@@H]21. The highest BCUT2D eigenvalue weighted by Gasteiger charge is 2.42. The van der Waals surface area contributed by atoms with Gasteiger partial charge in [-0.05, 0) is 32.1 Å². The van der Waals surface area contributed by atoms with E-state index in [4.69, 9.17) is 19.3 Å². The van der Waals surface area contributed by atoms with Crippen LogP contribution in [0.4, 0.5) is 4.79 Å². The topological polar surface area (TPSA) is 164 Å². The Labute approximate surface area is 229 Å². The second-order valence-corrected chi connectivity index (χ2v) is 10.6. The van der Waals surface area contributed by atoms with Crippen LogP contribution in [0.15, 0.2) is 0 Å². The van der Waals surface area contributed by atoms with Gasteiger partial charge in [-0.15, -0.1) is 0 Å². The van der Waals surface area contributed by atoms with Gasteiger partial charge >= 0.3 is 12.0 Å². The Bertz CT molecular complexity index is 729. The molecule has 3 atom stereocenters. The first-order chi connectivity index (χ1) is 18.5. The highest BCUT2D eigenvalue weighted by atomic mass is 32.2. The molecule has 2 heterocycles. The monoisotopic (exact) mass is 560 g/mol. The number of urea groups is 1. The summed E-state index contributed by atoms with van der Waals surface area (Å²) in [5.74, 6) is -0.00156. The van der Waals surface area contributed by atoms with Gasteiger partial charge in [-0.25, -0.2) is 4.79 Å². The van der Waals surface area contributed by atoms with E-state index in [0.717, 1.165) is 31.4 Å². The second kappa shape index (κ2) is 19.9. The molecule has 2 aliphatic rings. The van der Waals surface area contributed by atoms with Crippen molar-refractivity contribution in [1.82, 2.24) is 21.3 Å².